The van der Waals surface area contributed by atoms with Gasteiger partial charge in [-0.05, 0) is 25.1 Å². The molecule has 1 heterocycles. The van der Waals surface area contributed by atoms with Crippen molar-refractivity contribution in [2.45, 2.75) is 23.2 Å². The van der Waals surface area contributed by atoms with Crippen molar-refractivity contribution in [2.75, 3.05) is 12.9 Å². The highest BCUT2D eigenvalue weighted by molar-refractivity contribution is 9.10. The van der Waals surface area contributed by atoms with Crippen LogP contribution in [-0.2, 0) is 14.8 Å². The zero-order chi connectivity index (χ0) is 15.8. The molecular formula is C12H14BrNO5S2. The number of hydrogen-bond donors (Lipinski definition) is 1. The van der Waals surface area contributed by atoms with E-state index in [1.54, 1.807) is 13.0 Å². The number of halogens is 1. The van der Waals surface area contributed by atoms with E-state index in [0.717, 1.165) is 4.31 Å². The van der Waals surface area contributed by atoms with Crippen LogP contribution in [0.3, 0.4) is 0 Å². The molecule has 0 saturated carbocycles. The van der Waals surface area contributed by atoms with Crippen molar-refractivity contribution >= 4 is 43.7 Å². The number of methoxy groups -OCH3 is 1. The molecule has 0 bridgehead atoms. The number of sulfonamides is 1. The summed E-state index contributed by atoms with van der Waals surface area (Å²) in [5, 5.41) is 8.79. The normalized spacial score (nSPS) is 23.2. The van der Waals surface area contributed by atoms with Crippen molar-refractivity contribution in [3.8, 4) is 5.75 Å². The molecule has 1 saturated heterocycles. The number of carboxylic acid groups (broad SMARTS) is 1. The number of nitrogens with zero attached hydrogens (tertiary/aromatic N) is 1. The van der Waals surface area contributed by atoms with Gasteiger partial charge in [0.05, 0.1) is 12.5 Å². The average molecular weight is 396 g/mol. The minimum absolute atomic E-state index is 0.0417. The van der Waals surface area contributed by atoms with E-state index in [0.29, 0.717) is 4.47 Å². The van der Waals surface area contributed by atoms with Crippen LogP contribution in [-0.4, -0.2) is 48.1 Å². The zero-order valence-corrected chi connectivity index (χ0v) is 14.5. The van der Waals surface area contributed by atoms with E-state index >= 15 is 0 Å². The van der Waals surface area contributed by atoms with Crippen LogP contribution in [0.25, 0.3) is 0 Å². The Morgan fingerprint density at radius 2 is 2.19 bits per heavy atom. The predicted octanol–water partition coefficient (Wildman–Crippen LogP) is 1.99. The average Bonchev–Trinajstić information content (AvgIpc) is 2.81. The molecule has 0 aliphatic carbocycles. The fourth-order valence-electron chi connectivity index (χ4n) is 2.14. The number of thioether (sulfide) groups is 1. The molecule has 0 radical (unpaired) electrons. The van der Waals surface area contributed by atoms with Crippen molar-refractivity contribution in [2.24, 2.45) is 0 Å². The minimum atomic E-state index is -3.97. The Balaban J connectivity index is 2.56. The highest BCUT2D eigenvalue weighted by atomic mass is 79.9. The number of carbonyl (C=O) groups is 1. The van der Waals surface area contributed by atoms with Crippen molar-refractivity contribution in [3.63, 3.8) is 0 Å². The molecule has 9 heteroatoms. The van der Waals surface area contributed by atoms with Crippen molar-refractivity contribution in [1.29, 1.82) is 0 Å². The van der Waals surface area contributed by atoms with Crippen LogP contribution in [0, 0.1) is 0 Å². The Kier molecular flexibility index (Phi) is 4.86. The molecule has 1 aromatic rings. The molecule has 6 nitrogen and oxygen atoms in total. The van der Waals surface area contributed by atoms with Crippen LogP contribution in [0.5, 0.6) is 5.75 Å². The molecule has 0 spiro atoms. The molecule has 2 atom stereocenters. The molecule has 0 aromatic heterocycles. The number of rotatable bonds is 4. The van der Waals surface area contributed by atoms with Crippen LogP contribution in [0.15, 0.2) is 27.6 Å². The summed E-state index contributed by atoms with van der Waals surface area (Å²) < 4.78 is 32.4. The van der Waals surface area contributed by atoms with E-state index in [9.17, 15) is 18.3 Å². The van der Waals surface area contributed by atoms with E-state index in [1.807, 2.05) is 0 Å². The number of aliphatic carboxylic acids is 1. The summed E-state index contributed by atoms with van der Waals surface area (Å²) in [6.45, 7) is 1.68. The lowest BCUT2D eigenvalue weighted by Gasteiger charge is -2.25. The Bertz CT molecular complexity index is 664. The van der Waals surface area contributed by atoms with Crippen molar-refractivity contribution in [3.05, 3.63) is 22.7 Å². The fraction of sp³-hybridized carbons (Fsp3) is 0.417. The standard InChI is InChI=1S/C12H14BrNO5S2/c1-7-14(9(6-20-7)12(15)16)21(17,18)11-5-8(13)3-4-10(11)19-2/h3-5,7,9H,6H2,1-2H3,(H,15,16). The van der Waals surface area contributed by atoms with Crippen molar-refractivity contribution in [1.82, 2.24) is 4.31 Å². The van der Waals surface area contributed by atoms with Crippen molar-refractivity contribution < 1.29 is 23.1 Å². The van der Waals surface area contributed by atoms with Gasteiger partial charge in [0.15, 0.2) is 0 Å². The van der Waals surface area contributed by atoms with Gasteiger partial charge in [0.1, 0.15) is 16.7 Å². The first kappa shape index (κ1) is 16.6. The third-order valence-electron chi connectivity index (χ3n) is 3.13. The van der Waals surface area contributed by atoms with Gasteiger partial charge in [0.25, 0.3) is 0 Å². The highest BCUT2D eigenvalue weighted by Crippen LogP contribution is 2.37. The quantitative estimate of drug-likeness (QED) is 0.838. The fourth-order valence-corrected chi connectivity index (χ4v) is 6.13. The van der Waals surface area contributed by atoms with E-state index in [-0.39, 0.29) is 16.4 Å². The maximum Gasteiger partial charge on any atom is 0.322 e. The second-order valence-corrected chi connectivity index (χ2v) is 8.49. The molecule has 116 valence electrons. The number of carboxylic acids is 1. The highest BCUT2D eigenvalue weighted by Gasteiger charge is 2.45. The van der Waals surface area contributed by atoms with Crippen LogP contribution in [0.2, 0.25) is 0 Å². The van der Waals surface area contributed by atoms with Gasteiger partial charge in [-0.25, -0.2) is 8.42 Å². The summed E-state index contributed by atoms with van der Waals surface area (Å²) in [5.74, 6) is -0.734. The zero-order valence-electron chi connectivity index (χ0n) is 11.3. The van der Waals surface area contributed by atoms with Crippen LogP contribution in [0.1, 0.15) is 6.92 Å². The first-order valence-corrected chi connectivity index (χ1v) is 9.28. The molecule has 21 heavy (non-hydrogen) atoms. The topological polar surface area (TPSA) is 83.9 Å². The lowest BCUT2D eigenvalue weighted by molar-refractivity contribution is -0.140. The van der Waals surface area contributed by atoms with Gasteiger partial charge < -0.3 is 9.84 Å². The first-order valence-electron chi connectivity index (χ1n) is 6.00. The van der Waals surface area contributed by atoms with E-state index < -0.39 is 27.4 Å². The monoisotopic (exact) mass is 395 g/mol. The van der Waals surface area contributed by atoms with Gasteiger partial charge >= 0.3 is 5.97 Å². The maximum atomic E-state index is 12.8. The Morgan fingerprint density at radius 1 is 1.52 bits per heavy atom. The largest absolute Gasteiger partial charge is 0.495 e. The summed E-state index contributed by atoms with van der Waals surface area (Å²) in [6, 6.07) is 3.54. The summed E-state index contributed by atoms with van der Waals surface area (Å²) in [6.07, 6.45) is 0. The van der Waals surface area contributed by atoms with Crippen LogP contribution >= 0.6 is 27.7 Å². The second kappa shape index (κ2) is 6.15. The van der Waals surface area contributed by atoms with Gasteiger partial charge in [-0.2, -0.15) is 4.31 Å². The van der Waals surface area contributed by atoms with Crippen LogP contribution in [0.4, 0.5) is 0 Å². The molecule has 2 unspecified atom stereocenters. The summed E-state index contributed by atoms with van der Waals surface area (Å²) in [4.78, 5) is 11.3. The molecule has 1 aromatic carbocycles. The maximum absolute atomic E-state index is 12.8. The smallest absolute Gasteiger partial charge is 0.322 e. The number of hydrogen-bond acceptors (Lipinski definition) is 5. The number of ether oxygens (including phenoxy) is 1. The van der Waals surface area contributed by atoms with E-state index in [4.69, 9.17) is 4.74 Å². The van der Waals surface area contributed by atoms with E-state index in [2.05, 4.69) is 15.9 Å². The van der Waals surface area contributed by atoms with Gasteiger partial charge in [0.2, 0.25) is 10.0 Å². The summed E-state index contributed by atoms with van der Waals surface area (Å²) in [7, 11) is -2.60. The molecule has 1 fully saturated rings. The Labute approximate surface area is 135 Å². The molecule has 1 aliphatic heterocycles. The third kappa shape index (κ3) is 3.05. The molecule has 2 rings (SSSR count). The first-order chi connectivity index (χ1) is 9.78. The SMILES string of the molecule is COc1ccc(Br)cc1S(=O)(=O)N1C(C)SCC1C(=O)O. The predicted molar refractivity (Wildman–Crippen MR) is 83.1 cm³/mol. The van der Waals surface area contributed by atoms with E-state index in [1.165, 1.54) is 31.0 Å². The van der Waals surface area contributed by atoms with Gasteiger partial charge in [-0.15, -0.1) is 11.8 Å². The Hall–Kier alpha value is -0.770. The molecule has 1 aliphatic rings. The molecule has 1 N–H and O–H groups in total. The summed E-state index contributed by atoms with van der Waals surface area (Å²) >= 11 is 4.52. The second-order valence-electron chi connectivity index (χ2n) is 4.42. The third-order valence-corrected chi connectivity index (χ3v) is 6.97. The lowest BCUT2D eigenvalue weighted by atomic mass is 10.3. The van der Waals surface area contributed by atoms with Gasteiger partial charge in [0, 0.05) is 10.2 Å². The van der Waals surface area contributed by atoms with Crippen LogP contribution < -0.4 is 4.74 Å². The Morgan fingerprint density at radius 3 is 2.76 bits per heavy atom. The number of benzene rings is 1. The lowest BCUT2D eigenvalue weighted by Crippen LogP contribution is -2.44. The molecule has 0 amide bonds. The summed E-state index contributed by atoms with van der Waals surface area (Å²) in [5.41, 5.74) is 0. The molecular weight excluding hydrogens is 382 g/mol. The van der Waals surface area contributed by atoms with Gasteiger partial charge in [-0.1, -0.05) is 15.9 Å². The minimum Gasteiger partial charge on any atom is -0.495 e. The van der Waals surface area contributed by atoms with Gasteiger partial charge in [-0.3, -0.25) is 4.79 Å².